The first-order valence-electron chi connectivity index (χ1n) is 6.53. The van der Waals surface area contributed by atoms with Crippen LogP contribution in [0, 0.1) is 11.6 Å². The summed E-state index contributed by atoms with van der Waals surface area (Å²) in [6.07, 6.45) is 0. The van der Waals surface area contributed by atoms with Gasteiger partial charge in [-0.1, -0.05) is 12.1 Å². The molecule has 0 aliphatic heterocycles. The van der Waals surface area contributed by atoms with Crippen molar-refractivity contribution in [2.24, 2.45) is 0 Å². The molecule has 4 heteroatoms. The molecule has 0 fully saturated rings. The fraction of sp³-hybridized carbons (Fsp3) is 0.250. The number of benzene rings is 2. The first-order chi connectivity index (χ1) is 9.52. The molecule has 106 valence electrons. The third-order valence-corrected chi connectivity index (χ3v) is 3.38. The molecule has 0 aromatic heterocycles. The number of phenolic OH excluding ortho intramolecular Hbond substituents is 1. The maximum atomic E-state index is 13.9. The molecular formula is C16H17F2NO. The molecule has 0 saturated heterocycles. The van der Waals surface area contributed by atoms with Gasteiger partial charge in [0.05, 0.1) is 6.04 Å². The van der Waals surface area contributed by atoms with E-state index in [0.717, 1.165) is 6.07 Å². The molecule has 0 saturated carbocycles. The Morgan fingerprint density at radius 1 is 1.15 bits per heavy atom. The fourth-order valence-electron chi connectivity index (χ4n) is 2.36. The quantitative estimate of drug-likeness (QED) is 0.902. The Balaban J connectivity index is 2.36. The second-order valence-electron chi connectivity index (χ2n) is 4.65. The van der Waals surface area contributed by atoms with E-state index in [-0.39, 0.29) is 17.6 Å². The summed E-state index contributed by atoms with van der Waals surface area (Å²) in [5.41, 5.74) is 1.17. The van der Waals surface area contributed by atoms with Crippen LogP contribution in [0.5, 0.6) is 5.75 Å². The molecule has 2 nitrogen and oxygen atoms in total. The molecular weight excluding hydrogens is 260 g/mol. The number of hydrogen-bond acceptors (Lipinski definition) is 2. The number of halogens is 2. The van der Waals surface area contributed by atoms with Gasteiger partial charge in [-0.3, -0.25) is 0 Å². The molecule has 0 amide bonds. The van der Waals surface area contributed by atoms with Gasteiger partial charge in [0.25, 0.3) is 0 Å². The zero-order valence-electron chi connectivity index (χ0n) is 11.5. The summed E-state index contributed by atoms with van der Waals surface area (Å²) >= 11 is 0. The zero-order chi connectivity index (χ0) is 14.7. The summed E-state index contributed by atoms with van der Waals surface area (Å²) < 4.78 is 27.3. The van der Waals surface area contributed by atoms with E-state index >= 15 is 0 Å². The smallest absolute Gasteiger partial charge is 0.132 e. The average Bonchev–Trinajstić information content (AvgIpc) is 2.39. The van der Waals surface area contributed by atoms with Crippen molar-refractivity contribution < 1.29 is 13.9 Å². The van der Waals surface area contributed by atoms with Gasteiger partial charge >= 0.3 is 0 Å². The van der Waals surface area contributed by atoms with Gasteiger partial charge in [-0.25, -0.2) is 8.78 Å². The Bertz CT molecular complexity index is 601. The molecule has 20 heavy (non-hydrogen) atoms. The summed E-state index contributed by atoms with van der Waals surface area (Å²) in [5.74, 6) is -0.890. The van der Waals surface area contributed by atoms with E-state index in [1.165, 1.54) is 18.2 Å². The van der Waals surface area contributed by atoms with Gasteiger partial charge in [-0.2, -0.15) is 0 Å². The van der Waals surface area contributed by atoms with E-state index in [1.54, 1.807) is 18.2 Å². The van der Waals surface area contributed by atoms with Crippen molar-refractivity contribution in [1.82, 2.24) is 0 Å². The predicted molar refractivity (Wildman–Crippen MR) is 75.9 cm³/mol. The van der Waals surface area contributed by atoms with E-state index < -0.39 is 5.82 Å². The number of nitrogens with zero attached hydrogens (tertiary/aromatic N) is 1. The zero-order valence-corrected chi connectivity index (χ0v) is 11.5. The molecule has 0 heterocycles. The maximum Gasteiger partial charge on any atom is 0.132 e. The number of phenols is 1. The molecule has 2 aromatic rings. The van der Waals surface area contributed by atoms with Crippen LogP contribution in [0.1, 0.15) is 25.5 Å². The van der Waals surface area contributed by atoms with Crippen LogP contribution in [0.4, 0.5) is 14.5 Å². The van der Waals surface area contributed by atoms with Crippen molar-refractivity contribution in [2.45, 2.75) is 19.9 Å². The van der Waals surface area contributed by atoms with E-state index in [9.17, 15) is 13.9 Å². The van der Waals surface area contributed by atoms with Gasteiger partial charge in [0.1, 0.15) is 17.4 Å². The minimum atomic E-state index is -0.465. The summed E-state index contributed by atoms with van der Waals surface area (Å²) in [4.78, 5) is 1.90. The van der Waals surface area contributed by atoms with Gasteiger partial charge in [-0.15, -0.1) is 0 Å². The molecule has 1 unspecified atom stereocenters. The van der Waals surface area contributed by atoms with E-state index in [0.29, 0.717) is 17.8 Å². The largest absolute Gasteiger partial charge is 0.508 e. The molecule has 0 spiro atoms. The van der Waals surface area contributed by atoms with Crippen LogP contribution in [-0.2, 0) is 0 Å². The summed E-state index contributed by atoms with van der Waals surface area (Å²) in [5, 5.41) is 9.27. The Labute approximate surface area is 117 Å². The van der Waals surface area contributed by atoms with E-state index in [4.69, 9.17) is 0 Å². The standard InChI is InChI=1S/C16H17F2NO/c1-3-19(13-6-4-5-12(17)9-13)11(2)15-8-7-14(20)10-16(15)18/h4-11,20H,3H2,1-2H3. The molecule has 0 aliphatic carbocycles. The lowest BCUT2D eigenvalue weighted by molar-refractivity contribution is 0.466. The Hall–Kier alpha value is -2.10. The monoisotopic (exact) mass is 277 g/mol. The van der Waals surface area contributed by atoms with E-state index in [2.05, 4.69) is 0 Å². The summed E-state index contributed by atoms with van der Waals surface area (Å²) in [6, 6.07) is 10.1. The number of hydrogen-bond donors (Lipinski definition) is 1. The molecule has 1 N–H and O–H groups in total. The summed E-state index contributed by atoms with van der Waals surface area (Å²) in [6.45, 7) is 4.40. The Morgan fingerprint density at radius 3 is 2.50 bits per heavy atom. The third-order valence-electron chi connectivity index (χ3n) is 3.38. The van der Waals surface area contributed by atoms with Gasteiger partial charge in [-0.05, 0) is 38.1 Å². The first kappa shape index (κ1) is 14.3. The van der Waals surface area contributed by atoms with Crippen LogP contribution >= 0.6 is 0 Å². The highest BCUT2D eigenvalue weighted by Crippen LogP contribution is 2.29. The molecule has 1 atom stereocenters. The van der Waals surface area contributed by atoms with Crippen LogP contribution in [0.15, 0.2) is 42.5 Å². The molecule has 2 aromatic carbocycles. The van der Waals surface area contributed by atoms with Crippen molar-refractivity contribution in [3.63, 3.8) is 0 Å². The molecule has 0 aliphatic rings. The Morgan fingerprint density at radius 2 is 1.90 bits per heavy atom. The van der Waals surface area contributed by atoms with Crippen LogP contribution in [0.25, 0.3) is 0 Å². The second kappa shape index (κ2) is 5.90. The highest BCUT2D eigenvalue weighted by molar-refractivity contribution is 5.49. The van der Waals surface area contributed by atoms with Gasteiger partial charge in [0.15, 0.2) is 0 Å². The third kappa shape index (κ3) is 2.90. The van der Waals surface area contributed by atoms with Crippen molar-refractivity contribution >= 4 is 5.69 Å². The topological polar surface area (TPSA) is 23.5 Å². The average molecular weight is 277 g/mol. The van der Waals surface area contributed by atoms with Crippen molar-refractivity contribution in [3.8, 4) is 5.75 Å². The van der Waals surface area contributed by atoms with Crippen LogP contribution in [0.2, 0.25) is 0 Å². The van der Waals surface area contributed by atoms with Crippen molar-refractivity contribution in [2.75, 3.05) is 11.4 Å². The minimum Gasteiger partial charge on any atom is -0.508 e. The molecule has 0 radical (unpaired) electrons. The number of aromatic hydroxyl groups is 1. The number of anilines is 1. The van der Waals surface area contributed by atoms with Crippen LogP contribution in [0.3, 0.4) is 0 Å². The lowest BCUT2D eigenvalue weighted by Gasteiger charge is -2.30. The predicted octanol–water partition coefficient (Wildman–Crippen LogP) is 4.26. The van der Waals surface area contributed by atoms with Crippen LogP contribution in [-0.4, -0.2) is 11.7 Å². The van der Waals surface area contributed by atoms with Gasteiger partial charge in [0.2, 0.25) is 0 Å². The highest BCUT2D eigenvalue weighted by Gasteiger charge is 2.18. The highest BCUT2D eigenvalue weighted by atomic mass is 19.1. The first-order valence-corrected chi connectivity index (χ1v) is 6.53. The van der Waals surface area contributed by atoms with E-state index in [1.807, 2.05) is 18.7 Å². The fourth-order valence-corrected chi connectivity index (χ4v) is 2.36. The maximum absolute atomic E-state index is 13.9. The Kier molecular flexibility index (Phi) is 4.23. The van der Waals surface area contributed by atoms with Crippen molar-refractivity contribution in [3.05, 3.63) is 59.7 Å². The van der Waals surface area contributed by atoms with Gasteiger partial charge in [0, 0.05) is 23.9 Å². The summed E-state index contributed by atoms with van der Waals surface area (Å²) in [7, 11) is 0. The number of rotatable bonds is 4. The van der Waals surface area contributed by atoms with Gasteiger partial charge < -0.3 is 10.0 Å². The lowest BCUT2D eigenvalue weighted by atomic mass is 10.0. The SMILES string of the molecule is CCN(c1cccc(F)c1)C(C)c1ccc(O)cc1F. The molecule has 0 bridgehead atoms. The molecule has 2 rings (SSSR count). The van der Waals surface area contributed by atoms with Crippen LogP contribution < -0.4 is 4.90 Å². The minimum absolute atomic E-state index is 0.104. The second-order valence-corrected chi connectivity index (χ2v) is 4.65. The lowest BCUT2D eigenvalue weighted by Crippen LogP contribution is -2.27. The normalized spacial score (nSPS) is 12.2. The van der Waals surface area contributed by atoms with Crippen molar-refractivity contribution in [1.29, 1.82) is 0 Å².